The third-order valence-electron chi connectivity index (χ3n) is 4.41. The Hall–Kier alpha value is -0.860. The number of halogens is 1. The van der Waals surface area contributed by atoms with Crippen LogP contribution in [0.25, 0.3) is 0 Å². The van der Waals surface area contributed by atoms with Gasteiger partial charge in [0.1, 0.15) is 0 Å². The highest BCUT2D eigenvalue weighted by molar-refractivity contribution is 6.30. The molecule has 0 aromatic heterocycles. The maximum absolute atomic E-state index is 12.2. The summed E-state index contributed by atoms with van der Waals surface area (Å²) in [5.41, 5.74) is 0.802. The van der Waals surface area contributed by atoms with Crippen LogP contribution >= 0.6 is 11.6 Å². The van der Waals surface area contributed by atoms with Crippen LogP contribution in [0.1, 0.15) is 29.6 Å². The molecule has 0 saturated carbocycles. The molecule has 1 atom stereocenters. The lowest BCUT2D eigenvalue weighted by Crippen LogP contribution is -2.47. The summed E-state index contributed by atoms with van der Waals surface area (Å²) < 4.78 is 0. The van der Waals surface area contributed by atoms with E-state index in [1.54, 1.807) is 12.1 Å². The number of hydrogen-bond donors (Lipinski definition) is 0. The SMILES string of the molecule is O=C(C[C@H]1CN2CCC1CC2)c1ccc(Cl)cc1. The molecular weight excluding hydrogens is 246 g/mol. The fourth-order valence-electron chi connectivity index (χ4n) is 3.31. The molecule has 0 N–H and O–H groups in total. The highest BCUT2D eigenvalue weighted by Crippen LogP contribution is 2.34. The number of ketones is 1. The smallest absolute Gasteiger partial charge is 0.163 e. The van der Waals surface area contributed by atoms with E-state index in [4.69, 9.17) is 11.6 Å². The first kappa shape index (κ1) is 12.2. The van der Waals surface area contributed by atoms with Crippen molar-refractivity contribution in [3.63, 3.8) is 0 Å². The van der Waals surface area contributed by atoms with Crippen LogP contribution in [-0.2, 0) is 0 Å². The summed E-state index contributed by atoms with van der Waals surface area (Å²) in [4.78, 5) is 14.7. The first-order valence-corrected chi connectivity index (χ1v) is 7.11. The summed E-state index contributed by atoms with van der Waals surface area (Å²) in [5.74, 6) is 1.60. The maximum Gasteiger partial charge on any atom is 0.163 e. The number of carbonyl (C=O) groups is 1. The van der Waals surface area contributed by atoms with Gasteiger partial charge < -0.3 is 4.90 Å². The predicted molar refractivity (Wildman–Crippen MR) is 73.1 cm³/mol. The van der Waals surface area contributed by atoms with Crippen molar-refractivity contribution >= 4 is 17.4 Å². The predicted octanol–water partition coefficient (Wildman–Crippen LogP) is 3.25. The summed E-state index contributed by atoms with van der Waals surface area (Å²) in [6.07, 6.45) is 3.25. The number of nitrogens with zero attached hydrogens (tertiary/aromatic N) is 1. The van der Waals surface area contributed by atoms with Gasteiger partial charge in [-0.3, -0.25) is 4.79 Å². The number of hydrogen-bond acceptors (Lipinski definition) is 2. The minimum absolute atomic E-state index is 0.269. The van der Waals surface area contributed by atoms with Gasteiger partial charge >= 0.3 is 0 Å². The normalized spacial score (nSPS) is 30.4. The number of benzene rings is 1. The Bertz CT molecular complexity index is 434. The van der Waals surface area contributed by atoms with Crippen LogP contribution in [0.4, 0.5) is 0 Å². The van der Waals surface area contributed by atoms with Crippen molar-refractivity contribution in [1.82, 2.24) is 4.90 Å². The van der Waals surface area contributed by atoms with Crippen LogP contribution < -0.4 is 0 Å². The molecule has 1 aromatic carbocycles. The van der Waals surface area contributed by atoms with Gasteiger partial charge in [0.25, 0.3) is 0 Å². The Labute approximate surface area is 113 Å². The number of rotatable bonds is 3. The van der Waals surface area contributed by atoms with Crippen LogP contribution in [0, 0.1) is 11.8 Å². The summed E-state index contributed by atoms with van der Waals surface area (Å²) in [5, 5.41) is 0.689. The molecule has 0 aliphatic carbocycles. The van der Waals surface area contributed by atoms with Gasteiger partial charge in [0.15, 0.2) is 5.78 Å². The van der Waals surface area contributed by atoms with Crippen molar-refractivity contribution in [3.8, 4) is 0 Å². The van der Waals surface area contributed by atoms with E-state index in [1.807, 2.05) is 12.1 Å². The molecule has 3 saturated heterocycles. The molecule has 3 aliphatic heterocycles. The number of carbonyl (C=O) groups excluding carboxylic acids is 1. The van der Waals surface area contributed by atoms with Crippen molar-refractivity contribution in [1.29, 1.82) is 0 Å². The Morgan fingerprint density at radius 1 is 1.22 bits per heavy atom. The molecular formula is C15H18ClNO. The molecule has 1 aromatic rings. The molecule has 0 spiro atoms. The van der Waals surface area contributed by atoms with E-state index in [-0.39, 0.29) is 5.78 Å². The first-order chi connectivity index (χ1) is 8.72. The van der Waals surface area contributed by atoms with Gasteiger partial charge in [0.05, 0.1) is 0 Å². The van der Waals surface area contributed by atoms with E-state index in [1.165, 1.54) is 25.9 Å². The zero-order valence-corrected chi connectivity index (χ0v) is 11.2. The van der Waals surface area contributed by atoms with Gasteiger partial charge in [0, 0.05) is 23.6 Å². The molecule has 4 rings (SSSR count). The van der Waals surface area contributed by atoms with Crippen LogP contribution in [-0.4, -0.2) is 30.3 Å². The molecule has 3 heteroatoms. The lowest BCUT2D eigenvalue weighted by atomic mass is 9.76. The number of piperidine rings is 3. The standard InChI is InChI=1S/C15H18ClNO/c16-14-3-1-12(2-4-14)15(18)9-13-10-17-7-5-11(13)6-8-17/h1-4,11,13H,5-10H2/t13-/m0/s1. The lowest BCUT2D eigenvalue weighted by Gasteiger charge is -2.44. The highest BCUT2D eigenvalue weighted by Gasteiger charge is 2.35. The minimum Gasteiger partial charge on any atom is -0.303 e. The van der Waals surface area contributed by atoms with Gasteiger partial charge in [-0.05, 0) is 62.0 Å². The summed E-state index contributed by atoms with van der Waals surface area (Å²) in [6.45, 7) is 3.58. The molecule has 3 fully saturated rings. The Morgan fingerprint density at radius 3 is 2.44 bits per heavy atom. The summed E-state index contributed by atoms with van der Waals surface area (Å²) >= 11 is 5.84. The van der Waals surface area contributed by atoms with E-state index in [9.17, 15) is 4.79 Å². The zero-order chi connectivity index (χ0) is 12.5. The Balaban J connectivity index is 1.66. The molecule has 0 unspecified atom stereocenters. The van der Waals surface area contributed by atoms with Crippen molar-refractivity contribution in [2.45, 2.75) is 19.3 Å². The van der Waals surface area contributed by atoms with Crippen LogP contribution in [0.2, 0.25) is 5.02 Å². The quantitative estimate of drug-likeness (QED) is 0.781. The van der Waals surface area contributed by atoms with Crippen molar-refractivity contribution in [2.75, 3.05) is 19.6 Å². The monoisotopic (exact) mass is 263 g/mol. The van der Waals surface area contributed by atoms with Crippen molar-refractivity contribution < 1.29 is 4.79 Å². The number of fused-ring (bicyclic) bond motifs is 3. The molecule has 3 heterocycles. The fraction of sp³-hybridized carbons (Fsp3) is 0.533. The van der Waals surface area contributed by atoms with Gasteiger partial charge in [-0.25, -0.2) is 0 Å². The van der Waals surface area contributed by atoms with E-state index in [2.05, 4.69) is 4.90 Å². The third kappa shape index (κ3) is 2.45. The average molecular weight is 264 g/mol. The topological polar surface area (TPSA) is 20.3 Å². The Morgan fingerprint density at radius 2 is 1.89 bits per heavy atom. The molecule has 3 aliphatic rings. The van der Waals surface area contributed by atoms with E-state index in [0.717, 1.165) is 18.0 Å². The average Bonchev–Trinajstić information content (AvgIpc) is 2.41. The van der Waals surface area contributed by atoms with Crippen LogP contribution in [0.15, 0.2) is 24.3 Å². The lowest BCUT2D eigenvalue weighted by molar-refractivity contribution is 0.0441. The van der Waals surface area contributed by atoms with Gasteiger partial charge in [-0.1, -0.05) is 11.6 Å². The molecule has 0 amide bonds. The highest BCUT2D eigenvalue weighted by atomic mass is 35.5. The van der Waals surface area contributed by atoms with E-state index in [0.29, 0.717) is 17.4 Å². The van der Waals surface area contributed by atoms with Crippen molar-refractivity contribution in [3.05, 3.63) is 34.9 Å². The fourth-order valence-corrected chi connectivity index (χ4v) is 3.44. The van der Waals surface area contributed by atoms with Gasteiger partial charge in [-0.15, -0.1) is 0 Å². The summed E-state index contributed by atoms with van der Waals surface area (Å²) in [6, 6.07) is 7.27. The van der Waals surface area contributed by atoms with Crippen LogP contribution in [0.3, 0.4) is 0 Å². The molecule has 0 radical (unpaired) electrons. The van der Waals surface area contributed by atoms with Crippen molar-refractivity contribution in [2.24, 2.45) is 11.8 Å². The number of Topliss-reactive ketones (excluding diaryl/α,β-unsaturated/α-hetero) is 1. The van der Waals surface area contributed by atoms with Gasteiger partial charge in [0.2, 0.25) is 0 Å². The van der Waals surface area contributed by atoms with E-state index < -0.39 is 0 Å². The zero-order valence-electron chi connectivity index (χ0n) is 10.4. The molecule has 2 nitrogen and oxygen atoms in total. The Kier molecular flexibility index (Phi) is 3.40. The second-order valence-corrected chi connectivity index (χ2v) is 5.97. The molecule has 2 bridgehead atoms. The first-order valence-electron chi connectivity index (χ1n) is 6.73. The van der Waals surface area contributed by atoms with E-state index >= 15 is 0 Å². The second kappa shape index (κ2) is 5.02. The van der Waals surface area contributed by atoms with Crippen LogP contribution in [0.5, 0.6) is 0 Å². The minimum atomic E-state index is 0.269. The molecule has 18 heavy (non-hydrogen) atoms. The second-order valence-electron chi connectivity index (χ2n) is 5.53. The summed E-state index contributed by atoms with van der Waals surface area (Å²) in [7, 11) is 0. The molecule has 96 valence electrons. The van der Waals surface area contributed by atoms with Gasteiger partial charge in [-0.2, -0.15) is 0 Å². The largest absolute Gasteiger partial charge is 0.303 e. The third-order valence-corrected chi connectivity index (χ3v) is 4.66. The maximum atomic E-state index is 12.2.